The van der Waals surface area contributed by atoms with Crippen LogP contribution in [-0.2, 0) is 32.1 Å². The maximum atomic E-state index is 13.9. The number of ether oxygens (including phenoxy) is 1. The fourth-order valence-corrected chi connectivity index (χ4v) is 6.11. The summed E-state index contributed by atoms with van der Waals surface area (Å²) < 4.78 is 5.36. The van der Waals surface area contributed by atoms with Crippen molar-refractivity contribution in [3.63, 3.8) is 0 Å². The quantitative estimate of drug-likeness (QED) is 0.0621. The number of aliphatic hydroxyl groups excluding tert-OH is 1. The van der Waals surface area contributed by atoms with Gasteiger partial charge in [0.05, 0.1) is 18.6 Å². The first-order valence-corrected chi connectivity index (χ1v) is 17.6. The number of guanidine groups is 1. The third-order valence-corrected chi connectivity index (χ3v) is 8.71. The van der Waals surface area contributed by atoms with Crippen molar-refractivity contribution in [3.05, 3.63) is 71.8 Å². The summed E-state index contributed by atoms with van der Waals surface area (Å²) in [4.78, 5) is 57.2. The van der Waals surface area contributed by atoms with Crippen molar-refractivity contribution in [3.8, 4) is 0 Å². The first-order chi connectivity index (χ1) is 24.0. The number of alkyl carbamates (subject to hydrolysis) is 1. The largest absolute Gasteiger partial charge is 0.445 e. The zero-order valence-electron chi connectivity index (χ0n) is 29.3. The highest BCUT2D eigenvalue weighted by Crippen LogP contribution is 2.28. The predicted molar refractivity (Wildman–Crippen MR) is 193 cm³/mol. The minimum atomic E-state index is -1.14. The van der Waals surface area contributed by atoms with E-state index in [4.69, 9.17) is 16.2 Å². The lowest BCUT2D eigenvalue weighted by atomic mass is 9.93. The van der Waals surface area contributed by atoms with Gasteiger partial charge in [-0.25, -0.2) is 4.79 Å². The molecule has 274 valence electrons. The molecule has 1 fully saturated rings. The summed E-state index contributed by atoms with van der Waals surface area (Å²) in [6.45, 7) is 4.63. The van der Waals surface area contributed by atoms with E-state index < -0.39 is 42.1 Å². The third-order valence-electron chi connectivity index (χ3n) is 8.71. The van der Waals surface area contributed by atoms with Gasteiger partial charge in [0.1, 0.15) is 18.7 Å². The van der Waals surface area contributed by atoms with E-state index in [1.54, 1.807) is 0 Å². The molecule has 9 N–H and O–H groups in total. The Bertz CT molecular complexity index is 1360. The number of carbonyl (C=O) groups excluding carboxylic acids is 4. The average Bonchev–Trinajstić information content (AvgIpc) is 3.62. The lowest BCUT2D eigenvalue weighted by Crippen LogP contribution is -2.58. The van der Waals surface area contributed by atoms with E-state index in [1.807, 2.05) is 74.5 Å². The Kier molecular flexibility index (Phi) is 17.1. The maximum absolute atomic E-state index is 13.9. The fourth-order valence-electron chi connectivity index (χ4n) is 6.11. The number of amides is 4. The molecule has 13 heteroatoms. The monoisotopic (exact) mass is 693 g/mol. The van der Waals surface area contributed by atoms with Crippen LogP contribution in [0.25, 0.3) is 0 Å². The van der Waals surface area contributed by atoms with E-state index in [1.165, 1.54) is 0 Å². The standard InChI is InChI=1S/C37H55N7O6/c1-25(2)22-30(31(45)23-32(46)40-21-19-26-12-5-3-6-13-26)42-35(48)33(28-16-9-10-17-28)44-34(47)29(18-11-20-41-36(38)39)43-37(49)50-24-27-14-7-4-8-15-27/h3-8,12-15,25,28-31,33,45H,9-11,16-24H2,1-2H3,(H,40,46)(H,42,48)(H,43,49)(H,44,47)(H4,38,39,41)/t29-,30-,31-,33-/m0/s1. The van der Waals surface area contributed by atoms with Crippen LogP contribution in [0.1, 0.15) is 76.3 Å². The number of carbonyl (C=O) groups is 4. The molecular weight excluding hydrogens is 638 g/mol. The molecule has 1 saturated carbocycles. The molecule has 0 saturated heterocycles. The van der Waals surface area contributed by atoms with E-state index in [-0.39, 0.29) is 49.7 Å². The van der Waals surface area contributed by atoms with Gasteiger partial charge in [-0.1, -0.05) is 87.4 Å². The minimum Gasteiger partial charge on any atom is -0.445 e. The summed E-state index contributed by atoms with van der Waals surface area (Å²) in [5, 5.41) is 22.5. The molecule has 0 unspecified atom stereocenters. The average molecular weight is 694 g/mol. The Morgan fingerprint density at radius 3 is 2.16 bits per heavy atom. The van der Waals surface area contributed by atoms with Gasteiger partial charge in [-0.05, 0) is 61.5 Å². The Morgan fingerprint density at radius 1 is 0.900 bits per heavy atom. The second kappa shape index (κ2) is 21.4. The number of nitrogens with one attached hydrogen (secondary N) is 4. The molecule has 0 aliphatic heterocycles. The number of aliphatic imine (C=N–C) groups is 1. The van der Waals surface area contributed by atoms with E-state index in [0.29, 0.717) is 25.8 Å². The highest BCUT2D eigenvalue weighted by Gasteiger charge is 2.36. The molecule has 0 radical (unpaired) electrons. The van der Waals surface area contributed by atoms with Gasteiger partial charge in [-0.3, -0.25) is 19.4 Å². The Labute approximate surface area is 295 Å². The normalized spacial score (nSPS) is 15.3. The van der Waals surface area contributed by atoms with Gasteiger partial charge >= 0.3 is 6.09 Å². The number of nitrogens with two attached hydrogens (primary N) is 2. The van der Waals surface area contributed by atoms with E-state index in [9.17, 15) is 24.3 Å². The molecule has 0 spiro atoms. The number of aliphatic hydroxyl groups is 1. The third kappa shape index (κ3) is 14.9. The zero-order chi connectivity index (χ0) is 36.3. The van der Waals surface area contributed by atoms with Crippen LogP contribution in [0.4, 0.5) is 4.79 Å². The van der Waals surface area contributed by atoms with Crippen LogP contribution in [0, 0.1) is 11.8 Å². The van der Waals surface area contributed by atoms with Gasteiger partial charge < -0.3 is 42.6 Å². The van der Waals surface area contributed by atoms with Crippen molar-refractivity contribution < 1.29 is 29.0 Å². The fraction of sp³-hybridized carbons (Fsp3) is 0.541. The first-order valence-electron chi connectivity index (χ1n) is 17.6. The van der Waals surface area contributed by atoms with Gasteiger partial charge in [0, 0.05) is 13.1 Å². The van der Waals surface area contributed by atoms with Crippen molar-refractivity contribution in [1.29, 1.82) is 0 Å². The summed E-state index contributed by atoms with van der Waals surface area (Å²) in [7, 11) is 0. The van der Waals surface area contributed by atoms with Gasteiger partial charge in [-0.2, -0.15) is 0 Å². The number of nitrogens with zero attached hydrogens (tertiary/aromatic N) is 1. The molecular formula is C37H55N7O6. The number of hydrogen-bond acceptors (Lipinski definition) is 7. The topological polar surface area (TPSA) is 210 Å². The second-order valence-corrected chi connectivity index (χ2v) is 13.3. The number of hydrogen-bond donors (Lipinski definition) is 7. The maximum Gasteiger partial charge on any atom is 0.408 e. The van der Waals surface area contributed by atoms with E-state index in [2.05, 4.69) is 26.3 Å². The summed E-state index contributed by atoms with van der Waals surface area (Å²) >= 11 is 0. The summed E-state index contributed by atoms with van der Waals surface area (Å²) in [6.07, 6.45) is 2.87. The molecule has 4 amide bonds. The summed E-state index contributed by atoms with van der Waals surface area (Å²) in [5.41, 5.74) is 12.8. The van der Waals surface area contributed by atoms with Gasteiger partial charge in [-0.15, -0.1) is 0 Å². The van der Waals surface area contributed by atoms with Crippen LogP contribution in [0.5, 0.6) is 0 Å². The van der Waals surface area contributed by atoms with E-state index in [0.717, 1.165) is 36.8 Å². The molecule has 4 atom stereocenters. The molecule has 50 heavy (non-hydrogen) atoms. The highest BCUT2D eigenvalue weighted by molar-refractivity contribution is 5.91. The molecule has 13 nitrogen and oxygen atoms in total. The molecule has 2 aromatic carbocycles. The smallest absolute Gasteiger partial charge is 0.408 e. The van der Waals surface area contributed by atoms with Crippen molar-refractivity contribution >= 4 is 29.8 Å². The van der Waals surface area contributed by atoms with Crippen molar-refractivity contribution in [2.75, 3.05) is 13.1 Å². The van der Waals surface area contributed by atoms with Crippen LogP contribution in [0.3, 0.4) is 0 Å². The lowest BCUT2D eigenvalue weighted by Gasteiger charge is -2.31. The molecule has 1 aliphatic carbocycles. The predicted octanol–water partition coefficient (Wildman–Crippen LogP) is 2.65. The molecule has 0 heterocycles. The molecule has 0 bridgehead atoms. The van der Waals surface area contributed by atoms with Crippen molar-refractivity contribution in [1.82, 2.24) is 21.3 Å². The highest BCUT2D eigenvalue weighted by atomic mass is 16.5. The van der Waals surface area contributed by atoms with Gasteiger partial charge in [0.25, 0.3) is 0 Å². The summed E-state index contributed by atoms with van der Waals surface area (Å²) in [5.74, 6) is -1.41. The van der Waals surface area contributed by atoms with E-state index >= 15 is 0 Å². The van der Waals surface area contributed by atoms with Crippen LogP contribution in [0.2, 0.25) is 0 Å². The Morgan fingerprint density at radius 2 is 1.54 bits per heavy atom. The first kappa shape index (κ1) is 39.8. The van der Waals surface area contributed by atoms with Crippen LogP contribution in [0.15, 0.2) is 65.7 Å². The molecule has 1 aliphatic rings. The minimum absolute atomic E-state index is 0.0206. The summed E-state index contributed by atoms with van der Waals surface area (Å²) in [6, 6.07) is 16.3. The molecule has 0 aromatic heterocycles. The number of rotatable bonds is 20. The Hall–Kier alpha value is -4.65. The second-order valence-electron chi connectivity index (χ2n) is 13.3. The Balaban J connectivity index is 1.67. The van der Waals surface area contributed by atoms with Gasteiger partial charge in [0.2, 0.25) is 17.7 Å². The zero-order valence-corrected chi connectivity index (χ0v) is 29.3. The van der Waals surface area contributed by atoms with Gasteiger partial charge in [0.15, 0.2) is 5.96 Å². The molecule has 3 rings (SSSR count). The lowest BCUT2D eigenvalue weighted by molar-refractivity contribution is -0.132. The van der Waals surface area contributed by atoms with Crippen LogP contribution in [-0.4, -0.2) is 72.2 Å². The van der Waals surface area contributed by atoms with Crippen molar-refractivity contribution in [2.24, 2.45) is 28.3 Å². The van der Waals surface area contributed by atoms with Crippen LogP contribution >= 0.6 is 0 Å². The molecule has 2 aromatic rings. The SMILES string of the molecule is CC(C)C[C@H](NC(=O)[C@@H](NC(=O)[C@H](CCCN=C(N)N)NC(=O)OCc1ccccc1)C1CCCC1)[C@@H](O)CC(=O)NCCc1ccccc1. The van der Waals surface area contributed by atoms with Crippen molar-refractivity contribution in [2.45, 2.75) is 102 Å². The number of benzene rings is 2. The van der Waals surface area contributed by atoms with Crippen LogP contribution < -0.4 is 32.7 Å².